The van der Waals surface area contributed by atoms with Crippen LogP contribution in [0.1, 0.15) is 84.9 Å². The van der Waals surface area contributed by atoms with E-state index in [1.165, 1.54) is 0 Å². The van der Waals surface area contributed by atoms with Gasteiger partial charge in [-0.15, -0.1) is 0 Å². The largest absolute Gasteiger partial charge is 0.385 e. The average molecular weight is 445 g/mol. The van der Waals surface area contributed by atoms with Crippen LogP contribution in [0.15, 0.2) is 27.5 Å². The predicted molar refractivity (Wildman–Crippen MR) is 114 cm³/mol. The number of nitrogens with zero attached hydrogens (tertiary/aromatic N) is 4. The average Bonchev–Trinajstić information content (AvgIpc) is 3.37. The van der Waals surface area contributed by atoms with Gasteiger partial charge in [-0.3, -0.25) is 9.36 Å². The van der Waals surface area contributed by atoms with E-state index in [4.69, 9.17) is 29.2 Å². The van der Waals surface area contributed by atoms with E-state index >= 15 is 0 Å². The maximum atomic E-state index is 13.8. The van der Waals surface area contributed by atoms with Crippen molar-refractivity contribution in [2.75, 3.05) is 19.5 Å². The molecular weight excluding hydrogens is 399 g/mol. The third-order valence-electron chi connectivity index (χ3n) is 4.71. The molecule has 164 valence electrons. The fraction of sp³-hybridized carbons (Fsp3) is 0.522. The summed E-state index contributed by atoms with van der Waals surface area (Å²) in [6.45, 7) is -15.6. The molecule has 1 unspecified atom stereocenters. The van der Waals surface area contributed by atoms with Crippen molar-refractivity contribution in [3.8, 4) is 0 Å². The Morgan fingerprint density at radius 1 is 1.35 bits per heavy atom. The number of fused-ring (bicyclic) bond motifs is 2. The molecule has 8 heteroatoms. The van der Waals surface area contributed by atoms with Crippen LogP contribution in [0.25, 0.3) is 11.0 Å². The van der Waals surface area contributed by atoms with Crippen LogP contribution in [0, 0.1) is 12.7 Å². The monoisotopic (exact) mass is 444 g/mol. The highest BCUT2D eigenvalue weighted by Gasteiger charge is 2.26. The molecule has 0 saturated carbocycles. The normalized spacial score (nSPS) is 41.7. The quantitative estimate of drug-likeness (QED) is 0.666. The van der Waals surface area contributed by atoms with Gasteiger partial charge < -0.3 is 14.5 Å². The molecule has 0 aliphatic carbocycles. The van der Waals surface area contributed by atoms with E-state index in [0.717, 1.165) is 18.2 Å². The maximum absolute atomic E-state index is 13.8. The van der Waals surface area contributed by atoms with Gasteiger partial charge in [-0.2, -0.15) is 0 Å². The number of hydrogen-bond acceptors (Lipinski definition) is 6. The number of aryl methyl sites for hydroxylation is 1. The van der Waals surface area contributed by atoms with Crippen molar-refractivity contribution in [3.63, 3.8) is 0 Å². The molecule has 1 aromatic carbocycles. The van der Waals surface area contributed by atoms with Crippen molar-refractivity contribution >= 4 is 11.0 Å². The van der Waals surface area contributed by atoms with Crippen LogP contribution in [-0.2, 0) is 12.9 Å². The lowest BCUT2D eigenvalue weighted by atomic mass is 9.91. The van der Waals surface area contributed by atoms with Gasteiger partial charge in [0, 0.05) is 66.3 Å². The standard InChI is InChI=1S/C23H27FN4O3/c1-14-17(23(30)28-9-2-3-19(29)22(28)25-14)8-12-27-10-6-15(7-11-27)21-18-5-4-16(24)13-20(18)31-26-21/h4-5,13,15,19,29H,2-3,6-12H2,1H3/i1D3,2D2,3D2,6D2,7D2,9D2,10D2,11D2,15D. The van der Waals surface area contributed by atoms with Crippen LogP contribution < -0.4 is 5.56 Å². The number of aliphatic hydroxyl groups is 1. The van der Waals surface area contributed by atoms with Crippen molar-refractivity contribution in [1.29, 1.82) is 0 Å². The lowest BCUT2D eigenvalue weighted by Gasteiger charge is -2.31. The highest BCUT2D eigenvalue weighted by molar-refractivity contribution is 5.79. The molecule has 1 atom stereocenters. The third-order valence-corrected chi connectivity index (χ3v) is 4.71. The number of halogens is 1. The summed E-state index contributed by atoms with van der Waals surface area (Å²) >= 11 is 0. The summed E-state index contributed by atoms with van der Waals surface area (Å²) in [7, 11) is 0. The predicted octanol–water partition coefficient (Wildman–Crippen LogP) is 3.08. The molecule has 2 aliphatic rings. The molecule has 0 bridgehead atoms. The maximum Gasteiger partial charge on any atom is 0.257 e. The Bertz CT molecular complexity index is 1880. The first kappa shape index (κ1) is 8.41. The molecule has 3 aromatic rings. The Morgan fingerprint density at radius 2 is 2.19 bits per heavy atom. The molecule has 1 fully saturated rings. The Hall–Kier alpha value is -2.58. The van der Waals surface area contributed by atoms with Crippen LogP contribution in [-0.4, -0.2) is 44.3 Å². The minimum atomic E-state index is -3.76. The summed E-state index contributed by atoms with van der Waals surface area (Å²) < 4.78 is 170. The number of likely N-dealkylation sites (tertiary alicyclic amines) is 1. The van der Waals surface area contributed by atoms with E-state index < -0.39 is 111 Å². The zero-order valence-electron chi connectivity index (χ0n) is 33.7. The highest BCUT2D eigenvalue weighted by Crippen LogP contribution is 2.32. The van der Waals surface area contributed by atoms with Gasteiger partial charge in [-0.25, -0.2) is 9.37 Å². The molecular formula is C23H27FN4O3. The topological polar surface area (TPSA) is 84.4 Å². The Morgan fingerprint density at radius 3 is 3.00 bits per heavy atom. The number of aromatic nitrogens is 3. The molecule has 0 amide bonds. The SMILES string of the molecule is [2H]C([2H])([2H])c1nc2n(c(=O)c1CCN1C([2H])([2H])C([2H])([2H])C([2H])(c3noc4cc(F)ccc34)C([2H])([2H])C1([2H])[2H])C([2H])([2H])C([2H])([2H])C([2H])([2H])C2O. The van der Waals surface area contributed by atoms with Crippen molar-refractivity contribution in [1.82, 2.24) is 19.6 Å². The van der Waals surface area contributed by atoms with Crippen LogP contribution in [0.5, 0.6) is 0 Å². The van der Waals surface area contributed by atoms with Crippen LogP contribution >= 0.6 is 0 Å². The van der Waals surface area contributed by atoms with Gasteiger partial charge in [-0.05, 0) is 63.9 Å². The second kappa shape index (κ2) is 8.16. The lowest BCUT2D eigenvalue weighted by molar-refractivity contribution is 0.129. The molecule has 0 radical (unpaired) electrons. The third kappa shape index (κ3) is 3.78. The van der Waals surface area contributed by atoms with Crippen molar-refractivity contribution < 1.29 is 38.7 Å². The minimum Gasteiger partial charge on any atom is -0.385 e. The van der Waals surface area contributed by atoms with Gasteiger partial charge >= 0.3 is 0 Å². The Kier molecular flexibility index (Phi) is 2.21. The molecule has 0 spiro atoms. The van der Waals surface area contributed by atoms with Gasteiger partial charge in [-0.1, -0.05) is 5.16 Å². The van der Waals surface area contributed by atoms with Gasteiger partial charge in [0.15, 0.2) is 5.58 Å². The number of aliphatic hydroxyl groups excluding tert-OH is 1. The summed E-state index contributed by atoms with van der Waals surface area (Å²) in [5.41, 5.74) is -5.12. The smallest absolute Gasteiger partial charge is 0.257 e. The first-order chi connectivity index (χ1) is 21.9. The van der Waals surface area contributed by atoms with Crippen molar-refractivity contribution in [2.45, 2.75) is 57.3 Å². The molecule has 4 heterocycles. The summed E-state index contributed by atoms with van der Waals surface area (Å²) in [6, 6.07) is 2.60. The zero-order valence-corrected chi connectivity index (χ0v) is 15.7. The minimum absolute atomic E-state index is 0.0248. The van der Waals surface area contributed by atoms with Crippen molar-refractivity contribution in [2.24, 2.45) is 0 Å². The van der Waals surface area contributed by atoms with Crippen LogP contribution in [0.4, 0.5) is 4.39 Å². The Labute approximate surface area is 204 Å². The molecule has 2 aromatic heterocycles. The summed E-state index contributed by atoms with van der Waals surface area (Å²) in [5.74, 6) is -5.58. The van der Waals surface area contributed by atoms with E-state index in [-0.39, 0.29) is 20.4 Å². The number of hydrogen-bond donors (Lipinski definition) is 1. The van der Waals surface area contributed by atoms with Crippen molar-refractivity contribution in [3.05, 3.63) is 57.1 Å². The van der Waals surface area contributed by atoms with Gasteiger partial charge in [0.2, 0.25) is 0 Å². The van der Waals surface area contributed by atoms with E-state index in [0.29, 0.717) is 0 Å². The van der Waals surface area contributed by atoms with Crippen LogP contribution in [0.2, 0.25) is 0 Å². The number of piperidine rings is 1. The summed E-state index contributed by atoms with van der Waals surface area (Å²) in [4.78, 5) is 17.4. The molecule has 5 rings (SSSR count). The fourth-order valence-corrected chi connectivity index (χ4v) is 3.16. The first-order valence-electron chi connectivity index (χ1n) is 18.1. The fourth-order valence-electron chi connectivity index (χ4n) is 3.16. The van der Waals surface area contributed by atoms with Gasteiger partial charge in [0.25, 0.3) is 5.56 Å². The molecule has 1 N–H and O–H groups in total. The Balaban J connectivity index is 1.68. The lowest BCUT2D eigenvalue weighted by Crippen LogP contribution is -2.37. The second-order valence-corrected chi connectivity index (χ2v) is 6.64. The van der Waals surface area contributed by atoms with E-state index in [1.54, 1.807) is 0 Å². The molecule has 31 heavy (non-hydrogen) atoms. The molecule has 7 nitrogen and oxygen atoms in total. The zero-order chi connectivity index (χ0) is 37.5. The molecule has 2 aliphatic heterocycles. The second-order valence-electron chi connectivity index (χ2n) is 6.64. The number of benzene rings is 1. The van der Waals surface area contributed by atoms with Gasteiger partial charge in [0.05, 0.1) is 5.69 Å². The number of rotatable bonds is 4. The highest BCUT2D eigenvalue weighted by atomic mass is 19.1. The van der Waals surface area contributed by atoms with E-state index in [2.05, 4.69) is 10.1 Å². The van der Waals surface area contributed by atoms with E-state index in [9.17, 15) is 14.3 Å². The molecule has 1 saturated heterocycles. The first-order valence-corrected chi connectivity index (χ1v) is 9.06. The van der Waals surface area contributed by atoms with E-state index in [1.807, 2.05) is 0 Å². The van der Waals surface area contributed by atoms with Gasteiger partial charge in [0.1, 0.15) is 17.7 Å². The summed E-state index contributed by atoms with van der Waals surface area (Å²) in [5, 5.41) is 13.8. The summed E-state index contributed by atoms with van der Waals surface area (Å²) in [6.07, 6.45) is -18.3. The van der Waals surface area contributed by atoms with Crippen LogP contribution in [0.3, 0.4) is 0 Å².